The Morgan fingerprint density at radius 2 is 2.13 bits per heavy atom. The molecule has 15 heavy (non-hydrogen) atoms. The molecule has 0 radical (unpaired) electrons. The molecular formula is C13H18FN. The van der Waals surface area contributed by atoms with Crippen LogP contribution in [0.1, 0.15) is 30.4 Å². The second-order valence-electron chi connectivity index (χ2n) is 4.42. The lowest BCUT2D eigenvalue weighted by Crippen LogP contribution is -2.08. The van der Waals surface area contributed by atoms with Crippen molar-refractivity contribution in [3.63, 3.8) is 0 Å². The Hall–Kier alpha value is -0.890. The van der Waals surface area contributed by atoms with E-state index in [0.29, 0.717) is 12.3 Å². The molecule has 0 amide bonds. The lowest BCUT2D eigenvalue weighted by atomic mass is 9.96. The Bertz CT molecular complexity index is 299. The standard InChI is InChI=1S/C13H18FN/c1-10(14)8-11-2-4-12(5-3-11)13-6-7-15-9-13/h2-5,10,13,15H,6-9H2,1H3. The van der Waals surface area contributed by atoms with Crippen LogP contribution in [0, 0.1) is 0 Å². The predicted octanol–water partition coefficient (Wildman–Crippen LogP) is 2.66. The summed E-state index contributed by atoms with van der Waals surface area (Å²) in [5.74, 6) is 0.654. The maximum absolute atomic E-state index is 12.8. The van der Waals surface area contributed by atoms with E-state index in [4.69, 9.17) is 0 Å². The third kappa shape index (κ3) is 2.78. The summed E-state index contributed by atoms with van der Waals surface area (Å²) in [6.45, 7) is 3.81. The fourth-order valence-electron chi connectivity index (χ4n) is 2.19. The van der Waals surface area contributed by atoms with Gasteiger partial charge in [-0.25, -0.2) is 4.39 Å². The van der Waals surface area contributed by atoms with Crippen LogP contribution in [-0.2, 0) is 6.42 Å². The van der Waals surface area contributed by atoms with Gasteiger partial charge in [-0.3, -0.25) is 0 Å². The fourth-order valence-corrected chi connectivity index (χ4v) is 2.19. The maximum Gasteiger partial charge on any atom is 0.101 e. The van der Waals surface area contributed by atoms with Gasteiger partial charge in [0.2, 0.25) is 0 Å². The molecule has 0 spiro atoms. The number of nitrogens with one attached hydrogen (secondary N) is 1. The molecule has 82 valence electrons. The normalized spacial score (nSPS) is 22.9. The topological polar surface area (TPSA) is 12.0 Å². The quantitative estimate of drug-likeness (QED) is 0.803. The monoisotopic (exact) mass is 207 g/mol. The Morgan fingerprint density at radius 1 is 1.40 bits per heavy atom. The van der Waals surface area contributed by atoms with Crippen LogP contribution in [0.3, 0.4) is 0 Å². The summed E-state index contributed by atoms with van der Waals surface area (Å²) in [5.41, 5.74) is 2.48. The van der Waals surface area contributed by atoms with E-state index in [2.05, 4.69) is 29.6 Å². The van der Waals surface area contributed by atoms with E-state index >= 15 is 0 Å². The number of benzene rings is 1. The lowest BCUT2D eigenvalue weighted by molar-refractivity contribution is 0.360. The Balaban J connectivity index is 2.03. The highest BCUT2D eigenvalue weighted by molar-refractivity contribution is 5.26. The second-order valence-corrected chi connectivity index (χ2v) is 4.42. The van der Waals surface area contributed by atoms with Crippen LogP contribution >= 0.6 is 0 Å². The smallest absolute Gasteiger partial charge is 0.101 e. The van der Waals surface area contributed by atoms with E-state index in [1.165, 1.54) is 12.0 Å². The van der Waals surface area contributed by atoms with Crippen molar-refractivity contribution in [2.45, 2.75) is 31.9 Å². The first-order chi connectivity index (χ1) is 7.25. The van der Waals surface area contributed by atoms with Gasteiger partial charge >= 0.3 is 0 Å². The van der Waals surface area contributed by atoms with E-state index < -0.39 is 6.17 Å². The number of hydrogen-bond acceptors (Lipinski definition) is 1. The van der Waals surface area contributed by atoms with E-state index in [1.807, 2.05) is 0 Å². The van der Waals surface area contributed by atoms with E-state index in [9.17, 15) is 4.39 Å². The Kier molecular flexibility index (Phi) is 3.37. The lowest BCUT2D eigenvalue weighted by Gasteiger charge is -2.09. The molecule has 0 saturated carbocycles. The average Bonchev–Trinajstić information content (AvgIpc) is 2.71. The van der Waals surface area contributed by atoms with Gasteiger partial charge in [0.15, 0.2) is 0 Å². The van der Waals surface area contributed by atoms with Gasteiger partial charge in [0.1, 0.15) is 6.17 Å². The molecule has 2 rings (SSSR count). The molecule has 0 bridgehead atoms. The van der Waals surface area contributed by atoms with Crippen molar-refractivity contribution in [2.24, 2.45) is 0 Å². The molecule has 1 saturated heterocycles. The fraction of sp³-hybridized carbons (Fsp3) is 0.538. The van der Waals surface area contributed by atoms with Crippen molar-refractivity contribution >= 4 is 0 Å². The number of hydrogen-bond donors (Lipinski definition) is 1. The summed E-state index contributed by atoms with van der Waals surface area (Å²) < 4.78 is 12.8. The van der Waals surface area contributed by atoms with Crippen LogP contribution in [0.25, 0.3) is 0 Å². The van der Waals surface area contributed by atoms with Crippen LogP contribution in [0.5, 0.6) is 0 Å². The third-order valence-corrected chi connectivity index (χ3v) is 3.03. The maximum atomic E-state index is 12.8. The summed E-state index contributed by atoms with van der Waals surface area (Å²) in [6, 6.07) is 8.41. The first kappa shape index (κ1) is 10.6. The zero-order chi connectivity index (χ0) is 10.7. The van der Waals surface area contributed by atoms with Crippen LogP contribution in [0.2, 0.25) is 0 Å². The van der Waals surface area contributed by atoms with Gasteiger partial charge in [0.25, 0.3) is 0 Å². The highest BCUT2D eigenvalue weighted by Gasteiger charge is 2.16. The highest BCUT2D eigenvalue weighted by Crippen LogP contribution is 2.22. The number of rotatable bonds is 3. The minimum Gasteiger partial charge on any atom is -0.316 e. The predicted molar refractivity (Wildman–Crippen MR) is 60.9 cm³/mol. The molecule has 2 unspecified atom stereocenters. The van der Waals surface area contributed by atoms with E-state index in [-0.39, 0.29) is 0 Å². The van der Waals surface area contributed by atoms with Gasteiger partial charge < -0.3 is 5.32 Å². The van der Waals surface area contributed by atoms with Crippen molar-refractivity contribution in [1.82, 2.24) is 5.32 Å². The van der Waals surface area contributed by atoms with Gasteiger partial charge in [-0.2, -0.15) is 0 Å². The second kappa shape index (κ2) is 4.75. The van der Waals surface area contributed by atoms with Gasteiger partial charge in [0.05, 0.1) is 0 Å². The van der Waals surface area contributed by atoms with Crippen LogP contribution < -0.4 is 5.32 Å². The van der Waals surface area contributed by atoms with Crippen LogP contribution in [-0.4, -0.2) is 19.3 Å². The molecule has 1 aromatic carbocycles. The van der Waals surface area contributed by atoms with Crippen molar-refractivity contribution < 1.29 is 4.39 Å². The first-order valence-electron chi connectivity index (χ1n) is 5.69. The molecule has 0 aromatic heterocycles. The molecule has 2 atom stereocenters. The average molecular weight is 207 g/mol. The van der Waals surface area contributed by atoms with Gasteiger partial charge in [-0.1, -0.05) is 24.3 Å². The van der Waals surface area contributed by atoms with Gasteiger partial charge in [-0.15, -0.1) is 0 Å². The van der Waals surface area contributed by atoms with Crippen molar-refractivity contribution in [2.75, 3.05) is 13.1 Å². The first-order valence-corrected chi connectivity index (χ1v) is 5.69. The molecule has 1 fully saturated rings. The molecule has 1 N–H and O–H groups in total. The molecule has 1 heterocycles. The largest absolute Gasteiger partial charge is 0.316 e. The number of alkyl halides is 1. The molecule has 1 aromatic rings. The zero-order valence-corrected chi connectivity index (χ0v) is 9.17. The van der Waals surface area contributed by atoms with E-state index in [0.717, 1.165) is 18.7 Å². The SMILES string of the molecule is CC(F)Cc1ccc(C2CCNC2)cc1. The van der Waals surface area contributed by atoms with Crippen LogP contribution in [0.15, 0.2) is 24.3 Å². The summed E-state index contributed by atoms with van der Waals surface area (Å²) in [4.78, 5) is 0. The molecule has 1 aliphatic heterocycles. The Labute approximate surface area is 90.7 Å². The summed E-state index contributed by atoms with van der Waals surface area (Å²) >= 11 is 0. The number of halogens is 1. The summed E-state index contributed by atoms with van der Waals surface area (Å²) in [6.07, 6.45) is 1.01. The minimum absolute atomic E-state index is 0.531. The summed E-state index contributed by atoms with van der Waals surface area (Å²) in [7, 11) is 0. The summed E-state index contributed by atoms with van der Waals surface area (Å²) in [5, 5.41) is 3.36. The van der Waals surface area contributed by atoms with Gasteiger partial charge in [0, 0.05) is 13.0 Å². The Morgan fingerprint density at radius 3 is 2.67 bits per heavy atom. The van der Waals surface area contributed by atoms with Crippen molar-refractivity contribution in [3.8, 4) is 0 Å². The highest BCUT2D eigenvalue weighted by atomic mass is 19.1. The minimum atomic E-state index is -0.746. The van der Waals surface area contributed by atoms with Crippen LogP contribution in [0.4, 0.5) is 4.39 Å². The zero-order valence-electron chi connectivity index (χ0n) is 9.17. The van der Waals surface area contributed by atoms with Crippen molar-refractivity contribution in [3.05, 3.63) is 35.4 Å². The molecule has 2 heteroatoms. The molecule has 1 aliphatic rings. The molecular weight excluding hydrogens is 189 g/mol. The van der Waals surface area contributed by atoms with Gasteiger partial charge in [-0.05, 0) is 36.9 Å². The van der Waals surface area contributed by atoms with E-state index in [1.54, 1.807) is 6.92 Å². The van der Waals surface area contributed by atoms with Crippen molar-refractivity contribution in [1.29, 1.82) is 0 Å². The molecule has 1 nitrogen and oxygen atoms in total. The third-order valence-electron chi connectivity index (χ3n) is 3.03. The molecule has 0 aliphatic carbocycles.